The largest absolute Gasteiger partial charge is 0.506 e. The van der Waals surface area contributed by atoms with Crippen LogP contribution in [0.5, 0.6) is 5.75 Å². The highest BCUT2D eigenvalue weighted by atomic mass is 32.2. The zero-order valence-electron chi connectivity index (χ0n) is 13.9. The summed E-state index contributed by atoms with van der Waals surface area (Å²) < 4.78 is 24.4. The zero-order chi connectivity index (χ0) is 17.6. The van der Waals surface area contributed by atoms with Crippen LogP contribution in [0.25, 0.3) is 10.8 Å². The Morgan fingerprint density at radius 2 is 1.64 bits per heavy atom. The Bertz CT molecular complexity index is 1030. The van der Waals surface area contributed by atoms with Crippen molar-refractivity contribution in [1.29, 1.82) is 0 Å². The molecule has 1 N–H and O–H groups in total. The minimum absolute atomic E-state index is 0.0410. The molecule has 1 aliphatic heterocycles. The second kappa shape index (κ2) is 5.77. The molecule has 3 aromatic rings. The molecule has 25 heavy (non-hydrogen) atoms. The number of rotatable bonds is 3. The van der Waals surface area contributed by atoms with E-state index in [9.17, 15) is 13.5 Å². The average molecular weight is 353 g/mol. The third-order valence-corrected chi connectivity index (χ3v) is 6.56. The van der Waals surface area contributed by atoms with Gasteiger partial charge in [-0.3, -0.25) is 0 Å². The van der Waals surface area contributed by atoms with Gasteiger partial charge in [0, 0.05) is 13.1 Å². The average Bonchev–Trinajstić information content (AvgIpc) is 2.62. The number of aromatic hydroxyl groups is 1. The molecule has 128 valence electrons. The van der Waals surface area contributed by atoms with Crippen LogP contribution in [0.2, 0.25) is 0 Å². The molecule has 0 amide bonds. The van der Waals surface area contributed by atoms with Crippen LogP contribution >= 0.6 is 0 Å². The maximum absolute atomic E-state index is 12.2. The van der Waals surface area contributed by atoms with Crippen LogP contribution in [0.1, 0.15) is 18.1 Å². The van der Waals surface area contributed by atoms with Gasteiger partial charge in [-0.25, -0.2) is 8.42 Å². The number of phenolic OH excluding ortho intramolecular Hbond substituents is 1. The summed E-state index contributed by atoms with van der Waals surface area (Å²) in [5, 5.41) is 12.8. The molecule has 0 saturated heterocycles. The fraction of sp³-hybridized carbons (Fsp3) is 0.200. The monoisotopic (exact) mass is 353 g/mol. The molecule has 5 heteroatoms. The van der Waals surface area contributed by atoms with Gasteiger partial charge >= 0.3 is 0 Å². The number of benzene rings is 3. The van der Waals surface area contributed by atoms with E-state index in [4.69, 9.17) is 0 Å². The third-order valence-electron chi connectivity index (χ3n) is 4.83. The highest BCUT2D eigenvalue weighted by molar-refractivity contribution is 7.91. The Balaban J connectivity index is 1.81. The zero-order valence-corrected chi connectivity index (χ0v) is 14.8. The first-order valence-electron chi connectivity index (χ1n) is 8.30. The summed E-state index contributed by atoms with van der Waals surface area (Å²) in [6.45, 7) is 2.90. The van der Waals surface area contributed by atoms with Gasteiger partial charge in [0.25, 0.3) is 0 Å². The van der Waals surface area contributed by atoms with Crippen molar-refractivity contribution in [3.05, 3.63) is 65.7 Å². The van der Waals surface area contributed by atoms with E-state index in [0.29, 0.717) is 18.8 Å². The first-order chi connectivity index (χ1) is 12.0. The molecule has 1 aliphatic rings. The predicted molar refractivity (Wildman–Crippen MR) is 99.7 cm³/mol. The minimum atomic E-state index is -3.31. The predicted octanol–water partition coefficient (Wildman–Crippen LogP) is 3.86. The molecule has 0 bridgehead atoms. The lowest BCUT2D eigenvalue weighted by Gasteiger charge is -2.31. The van der Waals surface area contributed by atoms with Crippen molar-refractivity contribution in [3.8, 4) is 5.75 Å². The molecular weight excluding hydrogens is 334 g/mol. The fourth-order valence-corrected chi connectivity index (χ4v) is 4.42. The second-order valence-corrected chi connectivity index (χ2v) is 8.62. The molecule has 4 nitrogen and oxygen atoms in total. The molecular formula is C20H19NO3S. The van der Waals surface area contributed by atoms with Gasteiger partial charge in [-0.05, 0) is 40.1 Å². The number of hydrogen-bond acceptors (Lipinski definition) is 4. The van der Waals surface area contributed by atoms with Crippen LogP contribution in [-0.4, -0.2) is 19.3 Å². The van der Waals surface area contributed by atoms with E-state index in [1.54, 1.807) is 13.0 Å². The standard InChI is InChI=1S/C20H19NO3S/c1-2-25(23,24)17-9-10-19(22)18(11-17)21-12-15-7-3-5-14-6-4-8-16(13-21)20(14)15/h3-11,22H,2,12-13H2,1H3. The van der Waals surface area contributed by atoms with Gasteiger partial charge in [-0.1, -0.05) is 43.3 Å². The molecule has 0 spiro atoms. The van der Waals surface area contributed by atoms with E-state index in [1.165, 1.54) is 34.0 Å². The summed E-state index contributed by atoms with van der Waals surface area (Å²) in [5.74, 6) is 0.140. The number of anilines is 1. The number of hydrogen-bond donors (Lipinski definition) is 1. The number of sulfone groups is 1. The van der Waals surface area contributed by atoms with Crippen LogP contribution in [0.15, 0.2) is 59.5 Å². The summed E-state index contributed by atoms with van der Waals surface area (Å²) in [7, 11) is -3.31. The highest BCUT2D eigenvalue weighted by Gasteiger charge is 2.22. The van der Waals surface area contributed by atoms with Gasteiger partial charge < -0.3 is 10.0 Å². The van der Waals surface area contributed by atoms with E-state index >= 15 is 0 Å². The molecule has 0 unspecified atom stereocenters. The van der Waals surface area contributed by atoms with Gasteiger partial charge in [0.2, 0.25) is 0 Å². The fourth-order valence-electron chi connectivity index (χ4n) is 3.52. The SMILES string of the molecule is CCS(=O)(=O)c1ccc(O)c(N2Cc3cccc4cccc(c34)C2)c1. The van der Waals surface area contributed by atoms with Crippen molar-refractivity contribution in [1.82, 2.24) is 0 Å². The van der Waals surface area contributed by atoms with E-state index in [-0.39, 0.29) is 16.4 Å². The van der Waals surface area contributed by atoms with Crippen molar-refractivity contribution in [2.45, 2.75) is 24.9 Å². The molecule has 0 aliphatic carbocycles. The van der Waals surface area contributed by atoms with Crippen molar-refractivity contribution in [3.63, 3.8) is 0 Å². The van der Waals surface area contributed by atoms with Gasteiger partial charge in [0.15, 0.2) is 9.84 Å². The minimum Gasteiger partial charge on any atom is -0.506 e. The van der Waals surface area contributed by atoms with Crippen LogP contribution in [0.4, 0.5) is 5.69 Å². The quantitative estimate of drug-likeness (QED) is 0.777. The Morgan fingerprint density at radius 3 is 2.24 bits per heavy atom. The van der Waals surface area contributed by atoms with E-state index in [1.807, 2.05) is 17.0 Å². The lowest BCUT2D eigenvalue weighted by atomic mass is 9.95. The lowest BCUT2D eigenvalue weighted by molar-refractivity contribution is 0.472. The summed E-state index contributed by atoms with van der Waals surface area (Å²) in [6, 6.07) is 17.0. The normalized spacial score (nSPS) is 14.0. The first kappa shape index (κ1) is 16.0. The van der Waals surface area contributed by atoms with Crippen molar-refractivity contribution >= 4 is 26.3 Å². The maximum atomic E-state index is 12.2. The maximum Gasteiger partial charge on any atom is 0.178 e. The smallest absolute Gasteiger partial charge is 0.178 e. The van der Waals surface area contributed by atoms with Crippen LogP contribution in [-0.2, 0) is 22.9 Å². The van der Waals surface area contributed by atoms with Gasteiger partial charge in [-0.2, -0.15) is 0 Å². The van der Waals surface area contributed by atoms with Crippen LogP contribution in [0.3, 0.4) is 0 Å². The molecule has 0 radical (unpaired) electrons. The molecule has 0 atom stereocenters. The van der Waals surface area contributed by atoms with Gasteiger partial charge in [-0.15, -0.1) is 0 Å². The van der Waals surface area contributed by atoms with Crippen LogP contribution < -0.4 is 4.90 Å². The molecule has 1 heterocycles. The highest BCUT2D eigenvalue weighted by Crippen LogP contribution is 2.37. The number of nitrogens with zero attached hydrogens (tertiary/aromatic N) is 1. The summed E-state index contributed by atoms with van der Waals surface area (Å²) >= 11 is 0. The Labute approximate surface area is 147 Å². The Hall–Kier alpha value is -2.53. The molecule has 4 rings (SSSR count). The summed E-state index contributed by atoms with van der Waals surface area (Å²) in [6.07, 6.45) is 0. The van der Waals surface area contributed by atoms with Crippen molar-refractivity contribution < 1.29 is 13.5 Å². The summed E-state index contributed by atoms with van der Waals surface area (Å²) in [4.78, 5) is 2.28. The van der Waals surface area contributed by atoms with Gasteiger partial charge in [0.1, 0.15) is 5.75 Å². The van der Waals surface area contributed by atoms with Gasteiger partial charge in [0.05, 0.1) is 16.3 Å². The number of phenols is 1. The van der Waals surface area contributed by atoms with Crippen molar-refractivity contribution in [2.75, 3.05) is 10.7 Å². The van der Waals surface area contributed by atoms with E-state index < -0.39 is 9.84 Å². The van der Waals surface area contributed by atoms with E-state index in [0.717, 1.165) is 0 Å². The van der Waals surface area contributed by atoms with Crippen LogP contribution in [0, 0.1) is 0 Å². The van der Waals surface area contributed by atoms with E-state index in [2.05, 4.69) is 24.3 Å². The Morgan fingerprint density at radius 1 is 1.00 bits per heavy atom. The molecule has 0 fully saturated rings. The molecule has 0 aromatic heterocycles. The lowest BCUT2D eigenvalue weighted by Crippen LogP contribution is -2.26. The summed E-state index contributed by atoms with van der Waals surface area (Å²) in [5.41, 5.74) is 2.92. The van der Waals surface area contributed by atoms with Crippen molar-refractivity contribution in [2.24, 2.45) is 0 Å². The Kier molecular flexibility index (Phi) is 3.69. The third kappa shape index (κ3) is 2.65. The first-order valence-corrected chi connectivity index (χ1v) is 9.95. The molecule has 3 aromatic carbocycles. The second-order valence-electron chi connectivity index (χ2n) is 6.34. The molecule has 0 saturated carbocycles. The topological polar surface area (TPSA) is 57.6 Å².